The van der Waals surface area contributed by atoms with Crippen LogP contribution in [-0.2, 0) is 9.59 Å². The Labute approximate surface area is 198 Å². The minimum absolute atomic E-state index is 0.0422. The number of ether oxygens (including phenoxy) is 4. The Hall–Kier alpha value is -4.08. The summed E-state index contributed by atoms with van der Waals surface area (Å²) in [6.07, 6.45) is -0.0844. The summed E-state index contributed by atoms with van der Waals surface area (Å²) < 4.78 is 21.0. The van der Waals surface area contributed by atoms with Gasteiger partial charge in [-0.1, -0.05) is 0 Å². The van der Waals surface area contributed by atoms with Crippen LogP contribution < -0.4 is 29.8 Å². The Morgan fingerprint density at radius 2 is 1.00 bits per heavy atom. The van der Waals surface area contributed by atoms with Gasteiger partial charge in [0.25, 0.3) is 0 Å². The first-order chi connectivity index (χ1) is 16.3. The highest BCUT2D eigenvalue weighted by molar-refractivity contribution is 6.00. The van der Waals surface area contributed by atoms with Crippen LogP contribution >= 0.6 is 0 Å². The highest BCUT2D eigenvalue weighted by Crippen LogP contribution is 2.28. The Morgan fingerprint density at radius 3 is 1.32 bits per heavy atom. The lowest BCUT2D eigenvalue weighted by molar-refractivity contribution is -0.126. The second kappa shape index (κ2) is 12.8. The minimum atomic E-state index is -0.393. The molecule has 34 heavy (non-hydrogen) atoms. The summed E-state index contributed by atoms with van der Waals surface area (Å²) in [6, 6.07) is 10.6. The van der Waals surface area contributed by atoms with Gasteiger partial charge >= 0.3 is 0 Å². The van der Waals surface area contributed by atoms with E-state index < -0.39 is 11.8 Å². The number of hydrogen-bond donors (Lipinski definition) is 2. The number of benzene rings is 2. The van der Waals surface area contributed by atoms with E-state index in [0.717, 1.165) is 11.1 Å². The van der Waals surface area contributed by atoms with Gasteiger partial charge in [0, 0.05) is 24.0 Å². The summed E-state index contributed by atoms with van der Waals surface area (Å²) >= 11 is 0. The van der Waals surface area contributed by atoms with Gasteiger partial charge in [-0.05, 0) is 50.2 Å². The van der Waals surface area contributed by atoms with Crippen molar-refractivity contribution in [2.24, 2.45) is 10.2 Å². The van der Waals surface area contributed by atoms with E-state index in [0.29, 0.717) is 34.4 Å². The molecule has 0 atom stereocenters. The lowest BCUT2D eigenvalue weighted by Crippen LogP contribution is -2.24. The van der Waals surface area contributed by atoms with Gasteiger partial charge in [-0.15, -0.1) is 0 Å². The van der Waals surface area contributed by atoms with E-state index in [4.69, 9.17) is 18.9 Å². The van der Waals surface area contributed by atoms with Gasteiger partial charge in [0.15, 0.2) is 23.0 Å². The van der Waals surface area contributed by atoms with E-state index >= 15 is 0 Å². The molecule has 2 aromatic rings. The van der Waals surface area contributed by atoms with Crippen molar-refractivity contribution in [3.8, 4) is 23.0 Å². The van der Waals surface area contributed by atoms with E-state index in [9.17, 15) is 9.59 Å². The number of nitrogens with one attached hydrogen (secondary N) is 2. The molecule has 0 saturated heterocycles. The van der Waals surface area contributed by atoms with Crippen LogP contribution in [0.15, 0.2) is 46.6 Å². The fraction of sp³-hybridized carbons (Fsp3) is 0.333. The Bertz CT molecular complexity index is 996. The molecule has 0 bridgehead atoms. The maximum atomic E-state index is 12.1. The fourth-order valence-electron chi connectivity index (χ4n) is 2.88. The van der Waals surface area contributed by atoms with Gasteiger partial charge in [-0.2, -0.15) is 10.2 Å². The maximum Gasteiger partial charge on any atom is 0.240 e. The number of nitrogens with zero attached hydrogens (tertiary/aromatic N) is 2. The molecule has 0 fully saturated rings. The maximum absolute atomic E-state index is 12.1. The highest BCUT2D eigenvalue weighted by Gasteiger charge is 2.10. The van der Waals surface area contributed by atoms with E-state index in [1.807, 2.05) is 0 Å². The van der Waals surface area contributed by atoms with Crippen LogP contribution in [0.3, 0.4) is 0 Å². The third kappa shape index (κ3) is 7.22. The molecule has 0 aliphatic heterocycles. The van der Waals surface area contributed by atoms with Gasteiger partial charge in [0.05, 0.1) is 39.9 Å². The largest absolute Gasteiger partial charge is 0.493 e. The number of rotatable bonds is 11. The molecule has 2 N–H and O–H groups in total. The Kier molecular flexibility index (Phi) is 9.88. The summed E-state index contributed by atoms with van der Waals surface area (Å²) in [5.74, 6) is 1.52. The predicted octanol–water partition coefficient (Wildman–Crippen LogP) is 2.88. The zero-order valence-corrected chi connectivity index (χ0v) is 20.2. The Morgan fingerprint density at radius 1 is 0.647 bits per heavy atom. The number of methoxy groups -OCH3 is 4. The van der Waals surface area contributed by atoms with E-state index in [-0.39, 0.29) is 12.8 Å². The van der Waals surface area contributed by atoms with Gasteiger partial charge in [0.1, 0.15) is 0 Å². The van der Waals surface area contributed by atoms with Crippen molar-refractivity contribution in [1.82, 2.24) is 10.9 Å². The van der Waals surface area contributed by atoms with Crippen molar-refractivity contribution in [2.45, 2.75) is 26.7 Å². The van der Waals surface area contributed by atoms with Crippen molar-refractivity contribution in [3.63, 3.8) is 0 Å². The molecule has 10 heteroatoms. The van der Waals surface area contributed by atoms with Crippen molar-refractivity contribution >= 4 is 23.2 Å². The van der Waals surface area contributed by atoms with Gasteiger partial charge in [0.2, 0.25) is 11.8 Å². The average Bonchev–Trinajstić information content (AvgIpc) is 2.87. The summed E-state index contributed by atoms with van der Waals surface area (Å²) in [6.45, 7) is 3.50. The normalized spacial score (nSPS) is 11.5. The molecule has 0 radical (unpaired) electrons. The fourth-order valence-corrected chi connectivity index (χ4v) is 2.88. The molecule has 2 amide bonds. The lowest BCUT2D eigenvalue weighted by Gasteiger charge is -2.10. The van der Waals surface area contributed by atoms with Gasteiger partial charge in [-0.25, -0.2) is 10.9 Å². The molecule has 0 saturated carbocycles. The molecule has 182 valence electrons. The topological polar surface area (TPSA) is 120 Å². The summed E-state index contributed by atoms with van der Waals surface area (Å²) in [4.78, 5) is 24.2. The average molecular weight is 471 g/mol. The predicted molar refractivity (Wildman–Crippen MR) is 129 cm³/mol. The standard InChI is InChI=1S/C24H30N4O6/c1-15(17-7-9-19(31-3)21(13-17)33-5)25-27-23(29)11-12-24(30)28-26-16(2)18-8-10-20(32-4)22(14-18)34-6/h7-10,13-14H,11-12H2,1-6H3,(H,27,29)(H,28,30)/b25-15+,26-16+. The van der Waals surface area contributed by atoms with Gasteiger partial charge < -0.3 is 18.9 Å². The molecular formula is C24H30N4O6. The zero-order chi connectivity index (χ0) is 25.1. The lowest BCUT2D eigenvalue weighted by atomic mass is 10.1. The van der Waals surface area contributed by atoms with Crippen LogP contribution in [0.2, 0.25) is 0 Å². The minimum Gasteiger partial charge on any atom is -0.493 e. The number of carbonyl (C=O) groups is 2. The van der Waals surface area contributed by atoms with E-state index in [2.05, 4.69) is 21.1 Å². The van der Waals surface area contributed by atoms with Crippen LogP contribution in [-0.4, -0.2) is 51.7 Å². The molecule has 0 spiro atoms. The number of amides is 2. The van der Waals surface area contributed by atoms with E-state index in [1.54, 1.807) is 78.7 Å². The summed E-state index contributed by atoms with van der Waals surface area (Å²) in [5, 5.41) is 8.17. The summed E-state index contributed by atoms with van der Waals surface area (Å²) in [5.41, 5.74) is 7.58. The van der Waals surface area contributed by atoms with Crippen molar-refractivity contribution in [2.75, 3.05) is 28.4 Å². The molecule has 0 aliphatic rings. The van der Waals surface area contributed by atoms with Crippen LogP contribution in [0.4, 0.5) is 0 Å². The molecule has 0 aromatic heterocycles. The van der Waals surface area contributed by atoms with Crippen molar-refractivity contribution < 1.29 is 28.5 Å². The third-order valence-corrected chi connectivity index (χ3v) is 4.88. The smallest absolute Gasteiger partial charge is 0.240 e. The molecule has 2 aromatic carbocycles. The van der Waals surface area contributed by atoms with Crippen LogP contribution in [0, 0.1) is 0 Å². The Balaban J connectivity index is 1.87. The molecule has 0 aliphatic carbocycles. The van der Waals surface area contributed by atoms with Crippen LogP contribution in [0.25, 0.3) is 0 Å². The third-order valence-electron chi connectivity index (χ3n) is 4.88. The highest BCUT2D eigenvalue weighted by atomic mass is 16.5. The second-order valence-electron chi connectivity index (χ2n) is 7.10. The monoisotopic (exact) mass is 470 g/mol. The van der Waals surface area contributed by atoms with Crippen molar-refractivity contribution in [3.05, 3.63) is 47.5 Å². The van der Waals surface area contributed by atoms with Crippen LogP contribution in [0.1, 0.15) is 37.8 Å². The molecule has 0 heterocycles. The quantitative estimate of drug-likeness (QED) is 0.385. The SMILES string of the molecule is COc1ccc(/C(C)=N/NC(=O)CCC(=O)N/N=C(\C)c2ccc(OC)c(OC)c2)cc1OC. The summed E-state index contributed by atoms with van der Waals surface area (Å²) in [7, 11) is 6.19. The van der Waals surface area contributed by atoms with E-state index in [1.165, 1.54) is 0 Å². The van der Waals surface area contributed by atoms with Crippen LogP contribution in [0.5, 0.6) is 23.0 Å². The first-order valence-electron chi connectivity index (χ1n) is 10.4. The number of hydrazone groups is 2. The molecule has 2 rings (SSSR count). The number of hydrogen-bond acceptors (Lipinski definition) is 8. The molecule has 0 unspecified atom stereocenters. The first-order valence-corrected chi connectivity index (χ1v) is 10.4. The van der Waals surface area contributed by atoms with Gasteiger partial charge in [-0.3, -0.25) is 9.59 Å². The van der Waals surface area contributed by atoms with Crippen molar-refractivity contribution in [1.29, 1.82) is 0 Å². The first kappa shape index (κ1) is 26.2. The molecule has 10 nitrogen and oxygen atoms in total. The zero-order valence-electron chi connectivity index (χ0n) is 20.2. The molecular weight excluding hydrogens is 440 g/mol. The number of carbonyl (C=O) groups excluding carboxylic acids is 2. The second-order valence-corrected chi connectivity index (χ2v) is 7.10.